The summed E-state index contributed by atoms with van der Waals surface area (Å²) in [5.74, 6) is 1.38. The van der Waals surface area contributed by atoms with Gasteiger partial charge in [0.15, 0.2) is 0 Å². The van der Waals surface area contributed by atoms with Crippen LogP contribution in [0.25, 0.3) is 11.4 Å². The van der Waals surface area contributed by atoms with E-state index < -0.39 is 0 Å². The van der Waals surface area contributed by atoms with Crippen LogP contribution in [0.2, 0.25) is 0 Å². The van der Waals surface area contributed by atoms with Crippen molar-refractivity contribution < 1.29 is 0 Å². The lowest BCUT2D eigenvalue weighted by molar-refractivity contribution is 0.498. The van der Waals surface area contributed by atoms with Gasteiger partial charge in [0.25, 0.3) is 0 Å². The molecule has 0 saturated carbocycles. The summed E-state index contributed by atoms with van der Waals surface area (Å²) in [7, 11) is 1.99. The molecule has 0 aromatic carbocycles. The van der Waals surface area contributed by atoms with E-state index in [0.717, 1.165) is 48.8 Å². The van der Waals surface area contributed by atoms with Gasteiger partial charge in [-0.2, -0.15) is 0 Å². The molecule has 0 radical (unpaired) electrons. The third-order valence-electron chi connectivity index (χ3n) is 4.57. The summed E-state index contributed by atoms with van der Waals surface area (Å²) in [5.41, 5.74) is 3.00. The molecule has 1 aliphatic rings. The Kier molecular flexibility index (Phi) is 3.94. The molecule has 0 aliphatic carbocycles. The molecule has 1 atom stereocenters. The first kappa shape index (κ1) is 14.8. The molecule has 1 aliphatic heterocycles. The maximum Gasteiger partial charge on any atom is 0.128 e. The van der Waals surface area contributed by atoms with Gasteiger partial charge in [-0.25, -0.2) is 9.97 Å². The maximum atomic E-state index is 4.68. The number of anilines is 1. The van der Waals surface area contributed by atoms with Gasteiger partial charge < -0.3 is 9.47 Å². The van der Waals surface area contributed by atoms with E-state index in [-0.39, 0.29) is 0 Å². The highest BCUT2D eigenvalue weighted by atomic mass is 15.2. The molecule has 122 valence electrons. The lowest BCUT2D eigenvalue weighted by Gasteiger charge is -2.33. The standard InChI is InChI=1S/C18H20N6/c1-23-13-19-11-15(23)18-17(21-8-9-22-18)14-5-4-10-24(12-14)16-6-2-3-7-20-16/h2-3,6-9,11,13-14H,4-5,10,12H2,1H3. The minimum Gasteiger partial charge on any atom is -0.356 e. The normalized spacial score (nSPS) is 17.9. The van der Waals surface area contributed by atoms with Crippen LogP contribution in [-0.4, -0.2) is 37.6 Å². The monoisotopic (exact) mass is 320 g/mol. The van der Waals surface area contributed by atoms with Crippen LogP contribution in [0.3, 0.4) is 0 Å². The first-order chi connectivity index (χ1) is 11.8. The zero-order valence-corrected chi connectivity index (χ0v) is 13.7. The van der Waals surface area contributed by atoms with E-state index in [1.165, 1.54) is 0 Å². The lowest BCUT2D eigenvalue weighted by atomic mass is 9.92. The Hall–Kier alpha value is -2.76. The van der Waals surface area contributed by atoms with E-state index in [2.05, 4.69) is 30.9 Å². The van der Waals surface area contributed by atoms with Gasteiger partial charge in [0.2, 0.25) is 0 Å². The SMILES string of the molecule is Cn1cncc1-c1nccnc1C1CCCN(c2ccccn2)C1. The molecule has 0 amide bonds. The first-order valence-electron chi connectivity index (χ1n) is 8.26. The Labute approximate surface area is 141 Å². The Bertz CT molecular complexity index is 813. The highest BCUT2D eigenvalue weighted by Crippen LogP contribution is 2.32. The van der Waals surface area contributed by atoms with Crippen molar-refractivity contribution in [2.75, 3.05) is 18.0 Å². The van der Waals surface area contributed by atoms with Gasteiger partial charge in [-0.05, 0) is 25.0 Å². The van der Waals surface area contributed by atoms with Crippen molar-refractivity contribution in [2.45, 2.75) is 18.8 Å². The van der Waals surface area contributed by atoms with Gasteiger partial charge in [0.05, 0.1) is 23.9 Å². The van der Waals surface area contributed by atoms with Crippen molar-refractivity contribution in [3.8, 4) is 11.4 Å². The molecule has 24 heavy (non-hydrogen) atoms. The molecule has 6 nitrogen and oxygen atoms in total. The maximum absolute atomic E-state index is 4.68. The third kappa shape index (κ3) is 2.75. The van der Waals surface area contributed by atoms with Gasteiger partial charge >= 0.3 is 0 Å². The number of hydrogen-bond acceptors (Lipinski definition) is 5. The van der Waals surface area contributed by atoms with Gasteiger partial charge in [0.1, 0.15) is 11.5 Å². The smallest absolute Gasteiger partial charge is 0.128 e. The van der Waals surface area contributed by atoms with E-state index in [1.807, 2.05) is 36.1 Å². The molecule has 1 saturated heterocycles. The largest absolute Gasteiger partial charge is 0.356 e. The van der Waals surface area contributed by atoms with Crippen molar-refractivity contribution in [2.24, 2.45) is 7.05 Å². The highest BCUT2D eigenvalue weighted by molar-refractivity contribution is 5.58. The molecule has 1 fully saturated rings. The van der Waals surface area contributed by atoms with Crippen LogP contribution in [0.1, 0.15) is 24.5 Å². The van der Waals surface area contributed by atoms with Crippen LogP contribution < -0.4 is 4.90 Å². The van der Waals surface area contributed by atoms with E-state index in [0.29, 0.717) is 5.92 Å². The average Bonchev–Trinajstić information content (AvgIpc) is 3.08. The molecule has 0 bridgehead atoms. The first-order valence-corrected chi connectivity index (χ1v) is 8.26. The Balaban J connectivity index is 1.66. The summed E-state index contributed by atoms with van der Waals surface area (Å²) in [5, 5.41) is 0. The molecule has 1 unspecified atom stereocenters. The number of imidazole rings is 1. The summed E-state index contributed by atoms with van der Waals surface area (Å²) in [4.78, 5) is 20.3. The summed E-state index contributed by atoms with van der Waals surface area (Å²) in [6.07, 6.45) is 11.3. The van der Waals surface area contributed by atoms with E-state index in [4.69, 9.17) is 0 Å². The molecular formula is C18H20N6. The van der Waals surface area contributed by atoms with Crippen LogP contribution in [0, 0.1) is 0 Å². The minimum atomic E-state index is 0.347. The van der Waals surface area contributed by atoms with Crippen molar-refractivity contribution in [1.82, 2.24) is 24.5 Å². The van der Waals surface area contributed by atoms with E-state index in [1.54, 1.807) is 18.7 Å². The summed E-state index contributed by atoms with van der Waals surface area (Å²) < 4.78 is 1.99. The number of aryl methyl sites for hydroxylation is 1. The molecule has 3 aromatic rings. The minimum absolute atomic E-state index is 0.347. The zero-order valence-electron chi connectivity index (χ0n) is 13.7. The Morgan fingerprint density at radius 2 is 2.00 bits per heavy atom. The quantitative estimate of drug-likeness (QED) is 0.742. The highest BCUT2D eigenvalue weighted by Gasteiger charge is 2.26. The number of aromatic nitrogens is 5. The number of piperidine rings is 1. The van der Waals surface area contributed by atoms with Crippen molar-refractivity contribution in [3.05, 3.63) is 55.0 Å². The third-order valence-corrected chi connectivity index (χ3v) is 4.57. The van der Waals surface area contributed by atoms with Crippen molar-refractivity contribution in [1.29, 1.82) is 0 Å². The predicted molar refractivity (Wildman–Crippen MR) is 92.7 cm³/mol. The van der Waals surface area contributed by atoms with Gasteiger partial charge in [0, 0.05) is 44.6 Å². The molecule has 0 spiro atoms. The number of hydrogen-bond donors (Lipinski definition) is 0. The second kappa shape index (κ2) is 6.39. The van der Waals surface area contributed by atoms with Crippen LogP contribution in [0.15, 0.2) is 49.3 Å². The number of pyridine rings is 1. The van der Waals surface area contributed by atoms with Crippen LogP contribution in [-0.2, 0) is 7.05 Å². The average molecular weight is 320 g/mol. The van der Waals surface area contributed by atoms with Crippen LogP contribution >= 0.6 is 0 Å². The second-order valence-corrected chi connectivity index (χ2v) is 6.15. The molecule has 4 rings (SSSR count). The predicted octanol–water partition coefficient (Wildman–Crippen LogP) is 2.66. The lowest BCUT2D eigenvalue weighted by Crippen LogP contribution is -2.35. The van der Waals surface area contributed by atoms with Crippen LogP contribution in [0.5, 0.6) is 0 Å². The van der Waals surface area contributed by atoms with Crippen LogP contribution in [0.4, 0.5) is 5.82 Å². The molecule has 0 N–H and O–H groups in total. The van der Waals surface area contributed by atoms with Gasteiger partial charge in [-0.3, -0.25) is 9.97 Å². The Morgan fingerprint density at radius 1 is 1.08 bits per heavy atom. The Morgan fingerprint density at radius 3 is 2.79 bits per heavy atom. The zero-order chi connectivity index (χ0) is 16.4. The fourth-order valence-electron chi connectivity index (χ4n) is 3.38. The number of rotatable bonds is 3. The summed E-state index contributed by atoms with van der Waals surface area (Å²) in [6.45, 7) is 1.95. The van der Waals surface area contributed by atoms with E-state index >= 15 is 0 Å². The molecule has 3 aromatic heterocycles. The molecule has 6 heteroatoms. The fraction of sp³-hybridized carbons (Fsp3) is 0.333. The fourth-order valence-corrected chi connectivity index (χ4v) is 3.38. The van der Waals surface area contributed by atoms with Crippen molar-refractivity contribution in [3.63, 3.8) is 0 Å². The van der Waals surface area contributed by atoms with Crippen molar-refractivity contribution >= 4 is 5.82 Å². The topological polar surface area (TPSA) is 59.7 Å². The summed E-state index contributed by atoms with van der Waals surface area (Å²) in [6, 6.07) is 6.06. The molecular weight excluding hydrogens is 300 g/mol. The summed E-state index contributed by atoms with van der Waals surface area (Å²) >= 11 is 0. The number of nitrogens with zero attached hydrogens (tertiary/aromatic N) is 6. The molecule has 4 heterocycles. The van der Waals surface area contributed by atoms with Gasteiger partial charge in [-0.15, -0.1) is 0 Å². The van der Waals surface area contributed by atoms with E-state index in [9.17, 15) is 0 Å². The van der Waals surface area contributed by atoms with Gasteiger partial charge in [-0.1, -0.05) is 6.07 Å². The second-order valence-electron chi connectivity index (χ2n) is 6.15.